The average molecular weight is 311 g/mol. The van der Waals surface area contributed by atoms with E-state index in [2.05, 4.69) is 32.9 Å². The van der Waals surface area contributed by atoms with Gasteiger partial charge >= 0.3 is 0 Å². The molecule has 5 heteroatoms. The lowest BCUT2D eigenvalue weighted by Crippen LogP contribution is -2.36. The molecule has 0 radical (unpaired) electrons. The molecule has 5 nitrogen and oxygen atoms in total. The topological polar surface area (TPSA) is 45.2 Å². The van der Waals surface area contributed by atoms with Gasteiger partial charge in [-0.3, -0.25) is 4.98 Å². The molecule has 0 bridgehead atoms. The summed E-state index contributed by atoms with van der Waals surface area (Å²) in [5.41, 5.74) is 1.94. The zero-order valence-corrected chi connectivity index (χ0v) is 14.1. The fourth-order valence-electron chi connectivity index (χ4n) is 2.96. The number of likely N-dealkylation sites (N-methyl/N-ethyl adjacent to an activating group) is 1. The highest BCUT2D eigenvalue weighted by Crippen LogP contribution is 2.18. The molecule has 0 atom stereocenters. The summed E-state index contributed by atoms with van der Waals surface area (Å²) in [4.78, 5) is 18.2. The van der Waals surface area contributed by atoms with Crippen molar-refractivity contribution in [2.45, 2.75) is 26.2 Å². The summed E-state index contributed by atoms with van der Waals surface area (Å²) in [6.07, 6.45) is 7.63. The number of hydrogen-bond acceptors (Lipinski definition) is 5. The first kappa shape index (κ1) is 15.9. The Morgan fingerprint density at radius 1 is 1.17 bits per heavy atom. The van der Waals surface area contributed by atoms with Crippen LogP contribution in [0.2, 0.25) is 0 Å². The molecule has 3 rings (SSSR count). The van der Waals surface area contributed by atoms with Gasteiger partial charge in [-0.05, 0) is 45.0 Å². The molecule has 1 saturated heterocycles. The Hall–Kier alpha value is -2.01. The van der Waals surface area contributed by atoms with Gasteiger partial charge in [-0.1, -0.05) is 6.42 Å². The van der Waals surface area contributed by atoms with Crippen LogP contribution in [-0.2, 0) is 0 Å². The van der Waals surface area contributed by atoms with Crippen molar-refractivity contribution in [3.8, 4) is 11.4 Å². The van der Waals surface area contributed by atoms with Crippen LogP contribution in [0.15, 0.2) is 30.6 Å². The van der Waals surface area contributed by atoms with Crippen LogP contribution in [0.3, 0.4) is 0 Å². The van der Waals surface area contributed by atoms with Crippen molar-refractivity contribution in [1.29, 1.82) is 0 Å². The molecule has 1 fully saturated rings. The van der Waals surface area contributed by atoms with Crippen LogP contribution >= 0.6 is 0 Å². The normalized spacial score (nSPS) is 15.6. The average Bonchev–Trinajstić information content (AvgIpc) is 2.61. The molecule has 23 heavy (non-hydrogen) atoms. The smallest absolute Gasteiger partial charge is 0.163 e. The van der Waals surface area contributed by atoms with Gasteiger partial charge in [-0.15, -0.1) is 0 Å². The summed E-state index contributed by atoms with van der Waals surface area (Å²) >= 11 is 0. The van der Waals surface area contributed by atoms with E-state index in [0.29, 0.717) is 0 Å². The van der Waals surface area contributed by atoms with Crippen molar-refractivity contribution in [3.63, 3.8) is 0 Å². The molecule has 1 aliphatic heterocycles. The third kappa shape index (κ3) is 4.26. The minimum atomic E-state index is 0.748. The highest BCUT2D eigenvalue weighted by Gasteiger charge is 2.12. The Bertz CT molecular complexity index is 623. The van der Waals surface area contributed by atoms with Crippen molar-refractivity contribution in [2.75, 3.05) is 38.1 Å². The van der Waals surface area contributed by atoms with Gasteiger partial charge < -0.3 is 9.80 Å². The standard InChI is InChI=1S/C18H25N5/c1-15-13-17(21-18(20-15)16-7-6-8-19-14-16)22(2)11-12-23-9-4-3-5-10-23/h6-8,13-14H,3-5,9-12H2,1-2H3. The van der Waals surface area contributed by atoms with E-state index in [4.69, 9.17) is 4.98 Å². The molecule has 0 amide bonds. The molecule has 1 aliphatic rings. The second-order valence-electron chi connectivity index (χ2n) is 6.26. The summed E-state index contributed by atoms with van der Waals surface area (Å²) in [7, 11) is 2.11. The highest BCUT2D eigenvalue weighted by molar-refractivity contribution is 5.56. The first-order valence-corrected chi connectivity index (χ1v) is 8.42. The van der Waals surface area contributed by atoms with E-state index in [1.807, 2.05) is 25.3 Å². The summed E-state index contributed by atoms with van der Waals surface area (Å²) < 4.78 is 0. The van der Waals surface area contributed by atoms with E-state index in [9.17, 15) is 0 Å². The Morgan fingerprint density at radius 3 is 2.74 bits per heavy atom. The molecule has 0 aromatic carbocycles. The first-order chi connectivity index (χ1) is 11.2. The maximum absolute atomic E-state index is 4.72. The molecule has 0 spiro atoms. The van der Waals surface area contributed by atoms with Crippen LogP contribution in [0.1, 0.15) is 25.0 Å². The first-order valence-electron chi connectivity index (χ1n) is 8.42. The van der Waals surface area contributed by atoms with Crippen molar-refractivity contribution < 1.29 is 0 Å². The van der Waals surface area contributed by atoms with Crippen LogP contribution in [0.4, 0.5) is 5.82 Å². The number of hydrogen-bond donors (Lipinski definition) is 0. The van der Waals surface area contributed by atoms with Crippen LogP contribution in [-0.4, -0.2) is 53.1 Å². The second-order valence-corrected chi connectivity index (χ2v) is 6.26. The molecule has 0 saturated carbocycles. The maximum Gasteiger partial charge on any atom is 0.163 e. The lowest BCUT2D eigenvalue weighted by Gasteiger charge is -2.29. The van der Waals surface area contributed by atoms with Crippen LogP contribution in [0.25, 0.3) is 11.4 Å². The van der Waals surface area contributed by atoms with E-state index in [0.717, 1.165) is 36.0 Å². The van der Waals surface area contributed by atoms with Gasteiger partial charge in [0.15, 0.2) is 5.82 Å². The van der Waals surface area contributed by atoms with E-state index >= 15 is 0 Å². The summed E-state index contributed by atoms with van der Waals surface area (Å²) in [5, 5.41) is 0. The molecular formula is C18H25N5. The Morgan fingerprint density at radius 2 is 2.00 bits per heavy atom. The van der Waals surface area contributed by atoms with Crippen LogP contribution in [0, 0.1) is 6.92 Å². The number of pyridine rings is 1. The molecule has 122 valence electrons. The molecule has 0 aliphatic carbocycles. The summed E-state index contributed by atoms with van der Waals surface area (Å²) in [6, 6.07) is 5.97. The molecule has 2 aromatic rings. The van der Waals surface area contributed by atoms with E-state index in [1.54, 1.807) is 6.20 Å². The SMILES string of the molecule is Cc1cc(N(C)CCN2CCCCC2)nc(-c2cccnc2)n1. The van der Waals surface area contributed by atoms with Gasteiger partial charge in [0.1, 0.15) is 5.82 Å². The van der Waals surface area contributed by atoms with E-state index < -0.39 is 0 Å². The third-order valence-electron chi connectivity index (χ3n) is 4.35. The zero-order chi connectivity index (χ0) is 16.1. The van der Waals surface area contributed by atoms with Crippen LogP contribution in [0.5, 0.6) is 0 Å². The number of aryl methyl sites for hydroxylation is 1. The van der Waals surface area contributed by atoms with Crippen molar-refractivity contribution in [3.05, 3.63) is 36.3 Å². The molecule has 2 aromatic heterocycles. The number of nitrogens with zero attached hydrogens (tertiary/aromatic N) is 5. The third-order valence-corrected chi connectivity index (χ3v) is 4.35. The monoisotopic (exact) mass is 311 g/mol. The van der Waals surface area contributed by atoms with Gasteiger partial charge in [0.25, 0.3) is 0 Å². The Kier molecular flexibility index (Phi) is 5.18. The van der Waals surface area contributed by atoms with Crippen molar-refractivity contribution in [2.24, 2.45) is 0 Å². The fourth-order valence-corrected chi connectivity index (χ4v) is 2.96. The number of piperidine rings is 1. The Balaban J connectivity index is 1.70. The lowest BCUT2D eigenvalue weighted by molar-refractivity contribution is 0.234. The molecule has 3 heterocycles. The minimum absolute atomic E-state index is 0.748. The van der Waals surface area contributed by atoms with Gasteiger partial charge in [0.05, 0.1) is 0 Å². The van der Waals surface area contributed by atoms with E-state index in [-0.39, 0.29) is 0 Å². The molecule has 0 N–H and O–H groups in total. The number of likely N-dealkylation sites (tertiary alicyclic amines) is 1. The molecule has 0 unspecified atom stereocenters. The van der Waals surface area contributed by atoms with Gasteiger partial charge in [-0.25, -0.2) is 9.97 Å². The van der Waals surface area contributed by atoms with Crippen molar-refractivity contribution >= 4 is 5.82 Å². The predicted octanol–water partition coefficient (Wildman–Crippen LogP) is 2.77. The lowest BCUT2D eigenvalue weighted by atomic mass is 10.1. The van der Waals surface area contributed by atoms with Gasteiger partial charge in [-0.2, -0.15) is 0 Å². The summed E-state index contributed by atoms with van der Waals surface area (Å²) in [5.74, 6) is 1.73. The quantitative estimate of drug-likeness (QED) is 0.849. The number of anilines is 1. The minimum Gasteiger partial charge on any atom is -0.358 e. The van der Waals surface area contributed by atoms with Gasteiger partial charge in [0, 0.05) is 49.9 Å². The predicted molar refractivity (Wildman–Crippen MR) is 93.6 cm³/mol. The Labute approximate surface area is 138 Å². The highest BCUT2D eigenvalue weighted by atomic mass is 15.2. The second kappa shape index (κ2) is 7.51. The van der Waals surface area contributed by atoms with Crippen molar-refractivity contribution in [1.82, 2.24) is 19.9 Å². The zero-order valence-electron chi connectivity index (χ0n) is 14.1. The largest absolute Gasteiger partial charge is 0.358 e. The number of aromatic nitrogens is 3. The number of rotatable bonds is 5. The van der Waals surface area contributed by atoms with Crippen LogP contribution < -0.4 is 4.90 Å². The van der Waals surface area contributed by atoms with E-state index in [1.165, 1.54) is 32.4 Å². The maximum atomic E-state index is 4.72. The summed E-state index contributed by atoms with van der Waals surface area (Å²) in [6.45, 7) is 6.57. The van der Waals surface area contributed by atoms with Gasteiger partial charge in [0.2, 0.25) is 0 Å². The molecular weight excluding hydrogens is 286 g/mol. The fraction of sp³-hybridized carbons (Fsp3) is 0.500.